The number of nitrogens with zero attached hydrogens (tertiary/aromatic N) is 2. The Hall–Kier alpha value is -4.34. The molecule has 43 heavy (non-hydrogen) atoms. The highest BCUT2D eigenvalue weighted by molar-refractivity contribution is 7.80. The summed E-state index contributed by atoms with van der Waals surface area (Å²) in [6.07, 6.45) is 5.59. The van der Waals surface area contributed by atoms with Crippen molar-refractivity contribution in [2.45, 2.75) is 53.4 Å². The first kappa shape index (κ1) is 28.8. The van der Waals surface area contributed by atoms with Crippen LogP contribution in [0.25, 0.3) is 11.1 Å². The minimum absolute atomic E-state index is 0.00170. The number of nitrogens with one attached hydrogen (secondary N) is 2. The molecule has 9 heteroatoms. The van der Waals surface area contributed by atoms with E-state index < -0.39 is 11.8 Å². The Kier molecular flexibility index (Phi) is 7.62. The van der Waals surface area contributed by atoms with Crippen molar-refractivity contribution in [3.63, 3.8) is 0 Å². The van der Waals surface area contributed by atoms with E-state index in [1.807, 2.05) is 76.2 Å². The minimum Gasteiger partial charge on any atom is -0.322 e. The summed E-state index contributed by atoms with van der Waals surface area (Å²) < 4.78 is 2.08. The molecule has 0 saturated carbocycles. The third-order valence-electron chi connectivity index (χ3n) is 8.02. The molecule has 0 spiro atoms. The summed E-state index contributed by atoms with van der Waals surface area (Å²) in [5.41, 5.74) is 7.73. The number of thiophene rings is 1. The third-order valence-corrected chi connectivity index (χ3v) is 9.59. The number of amides is 3. The lowest BCUT2D eigenvalue weighted by molar-refractivity contribution is -0.122. The summed E-state index contributed by atoms with van der Waals surface area (Å²) in [7, 11) is 0. The number of fused-ring (bicyclic) bond motifs is 1. The fourth-order valence-electron chi connectivity index (χ4n) is 5.83. The van der Waals surface area contributed by atoms with E-state index in [0.29, 0.717) is 11.3 Å². The Morgan fingerprint density at radius 2 is 1.72 bits per heavy atom. The Labute approximate surface area is 260 Å². The van der Waals surface area contributed by atoms with Crippen LogP contribution in [0.1, 0.15) is 61.7 Å². The average molecular weight is 609 g/mol. The van der Waals surface area contributed by atoms with Gasteiger partial charge < -0.3 is 9.88 Å². The lowest BCUT2D eigenvalue weighted by Gasteiger charge is -2.29. The van der Waals surface area contributed by atoms with E-state index >= 15 is 0 Å². The maximum absolute atomic E-state index is 13.8. The summed E-state index contributed by atoms with van der Waals surface area (Å²) >= 11 is 7.03. The van der Waals surface area contributed by atoms with Crippen molar-refractivity contribution in [2.24, 2.45) is 0 Å². The summed E-state index contributed by atoms with van der Waals surface area (Å²) in [5.74, 6) is -1.14. The maximum atomic E-state index is 13.8. The lowest BCUT2D eigenvalue weighted by Crippen LogP contribution is -2.54. The van der Waals surface area contributed by atoms with Crippen LogP contribution >= 0.6 is 23.6 Å². The Morgan fingerprint density at radius 1 is 0.977 bits per heavy atom. The van der Waals surface area contributed by atoms with Gasteiger partial charge in [0.05, 0.1) is 11.3 Å². The zero-order valence-corrected chi connectivity index (χ0v) is 26.2. The maximum Gasteiger partial charge on any atom is 0.270 e. The molecular formula is C34H32N4O3S2. The number of benzene rings is 2. The summed E-state index contributed by atoms with van der Waals surface area (Å²) in [4.78, 5) is 43.1. The van der Waals surface area contributed by atoms with Crippen molar-refractivity contribution in [1.82, 2.24) is 9.88 Å². The normalized spacial score (nSPS) is 16.0. The molecule has 0 bridgehead atoms. The number of aryl methyl sites for hydroxylation is 4. The first-order valence-electron chi connectivity index (χ1n) is 14.3. The molecule has 3 amide bonds. The molecule has 1 fully saturated rings. The topological polar surface area (TPSA) is 83.4 Å². The van der Waals surface area contributed by atoms with Gasteiger partial charge in [-0.2, -0.15) is 0 Å². The average Bonchev–Trinajstić information content (AvgIpc) is 3.47. The van der Waals surface area contributed by atoms with Gasteiger partial charge in [-0.15, -0.1) is 11.3 Å². The van der Waals surface area contributed by atoms with Crippen molar-refractivity contribution in [3.8, 4) is 5.00 Å². The van der Waals surface area contributed by atoms with Gasteiger partial charge >= 0.3 is 0 Å². The fraction of sp³-hybridized carbons (Fsp3) is 0.235. The third kappa shape index (κ3) is 5.34. The second kappa shape index (κ2) is 11.4. The zero-order chi connectivity index (χ0) is 30.4. The fourth-order valence-corrected chi connectivity index (χ4v) is 7.61. The van der Waals surface area contributed by atoms with Gasteiger partial charge in [0.15, 0.2) is 5.11 Å². The van der Waals surface area contributed by atoms with Gasteiger partial charge in [-0.25, -0.2) is 0 Å². The van der Waals surface area contributed by atoms with Gasteiger partial charge in [-0.1, -0.05) is 29.8 Å². The number of rotatable bonds is 5. The van der Waals surface area contributed by atoms with Crippen LogP contribution in [0.4, 0.5) is 11.4 Å². The Bertz CT molecular complexity index is 1850. The molecule has 6 rings (SSSR count). The molecule has 2 N–H and O–H groups in total. The first-order valence-corrected chi connectivity index (χ1v) is 15.5. The first-order chi connectivity index (χ1) is 20.6. The minimum atomic E-state index is -0.534. The van der Waals surface area contributed by atoms with E-state index in [1.165, 1.54) is 9.78 Å². The van der Waals surface area contributed by atoms with Crippen molar-refractivity contribution < 1.29 is 14.4 Å². The number of carbonyl (C=O) groups excluding carboxylic acids is 3. The van der Waals surface area contributed by atoms with Crippen LogP contribution in [0.15, 0.2) is 60.2 Å². The Balaban J connectivity index is 1.41. The van der Waals surface area contributed by atoms with Crippen molar-refractivity contribution in [3.05, 3.63) is 104 Å². The number of thiocarbonyl (C=S) groups is 1. The highest BCUT2D eigenvalue weighted by Gasteiger charge is 2.35. The van der Waals surface area contributed by atoms with E-state index in [4.69, 9.17) is 12.2 Å². The SMILES string of the molecule is Cc1ccc(NC(=O)c2c(-n3c(C)cc(/C=C4\C(=O)NC(=S)N(c5cccc(C)c5)C4=O)c3C)sc3c2CCCC3)cc1. The van der Waals surface area contributed by atoms with Crippen LogP contribution < -0.4 is 15.5 Å². The number of hydrogen-bond donors (Lipinski definition) is 2. The Morgan fingerprint density at radius 3 is 2.47 bits per heavy atom. The summed E-state index contributed by atoms with van der Waals surface area (Å²) in [5, 5.41) is 6.70. The second-order valence-corrected chi connectivity index (χ2v) is 12.6. The van der Waals surface area contributed by atoms with Crippen LogP contribution in [-0.4, -0.2) is 27.4 Å². The van der Waals surface area contributed by atoms with E-state index in [2.05, 4.69) is 15.2 Å². The van der Waals surface area contributed by atoms with Gasteiger partial charge in [0, 0.05) is 22.0 Å². The van der Waals surface area contributed by atoms with Crippen LogP contribution in [-0.2, 0) is 22.4 Å². The monoisotopic (exact) mass is 608 g/mol. The summed E-state index contributed by atoms with van der Waals surface area (Å²) in [6, 6.07) is 17.2. The quantitative estimate of drug-likeness (QED) is 0.149. The second-order valence-electron chi connectivity index (χ2n) is 11.2. The molecule has 218 valence electrons. The smallest absolute Gasteiger partial charge is 0.270 e. The molecule has 2 aliphatic rings. The molecule has 0 unspecified atom stereocenters. The van der Waals surface area contributed by atoms with Crippen molar-refractivity contribution in [1.29, 1.82) is 0 Å². The van der Waals surface area contributed by atoms with Gasteiger partial charge in [-0.3, -0.25) is 24.6 Å². The highest BCUT2D eigenvalue weighted by Crippen LogP contribution is 2.39. The van der Waals surface area contributed by atoms with Crippen molar-refractivity contribution in [2.75, 3.05) is 10.2 Å². The van der Waals surface area contributed by atoms with E-state index in [1.54, 1.807) is 23.5 Å². The highest BCUT2D eigenvalue weighted by atomic mass is 32.1. The molecular weight excluding hydrogens is 577 g/mol. The number of anilines is 2. The molecule has 0 radical (unpaired) electrons. The standard InChI is InChI=1S/C34H32N4O3S2/c1-19-12-14-24(15-13-19)35-31(40)29-26-10-5-6-11-28(26)43-33(29)37-21(3)17-23(22(37)4)18-27-30(39)36-34(42)38(32(27)41)25-9-7-8-20(2)16-25/h7-9,12-18H,5-6,10-11H2,1-4H3,(H,35,40)(H,36,39,42)/b27-18+. The van der Waals surface area contributed by atoms with Gasteiger partial charge in [0.25, 0.3) is 17.7 Å². The van der Waals surface area contributed by atoms with Gasteiger partial charge in [-0.05, 0) is 119 Å². The van der Waals surface area contributed by atoms with Crippen LogP contribution in [0.3, 0.4) is 0 Å². The number of aromatic nitrogens is 1. The molecule has 2 aromatic heterocycles. The number of hydrogen-bond acceptors (Lipinski definition) is 5. The molecule has 0 atom stereocenters. The molecule has 1 saturated heterocycles. The number of carbonyl (C=O) groups is 3. The molecule has 2 aromatic carbocycles. The molecule has 3 heterocycles. The predicted molar refractivity (Wildman–Crippen MR) is 176 cm³/mol. The lowest BCUT2D eigenvalue weighted by atomic mass is 9.95. The largest absolute Gasteiger partial charge is 0.322 e. The molecule has 7 nitrogen and oxygen atoms in total. The van der Waals surface area contributed by atoms with Gasteiger partial charge in [0.1, 0.15) is 10.6 Å². The van der Waals surface area contributed by atoms with Crippen molar-refractivity contribution >= 4 is 63.8 Å². The molecule has 1 aliphatic heterocycles. The van der Waals surface area contributed by atoms with Crippen LogP contribution in [0.5, 0.6) is 0 Å². The van der Waals surface area contributed by atoms with E-state index in [9.17, 15) is 14.4 Å². The van der Waals surface area contributed by atoms with E-state index in [-0.39, 0.29) is 16.6 Å². The van der Waals surface area contributed by atoms with Gasteiger partial charge in [0.2, 0.25) is 0 Å². The zero-order valence-electron chi connectivity index (χ0n) is 24.5. The van der Waals surface area contributed by atoms with Crippen LogP contribution in [0, 0.1) is 27.7 Å². The van der Waals surface area contributed by atoms with Crippen LogP contribution in [0.2, 0.25) is 0 Å². The molecule has 1 aliphatic carbocycles. The van der Waals surface area contributed by atoms with E-state index in [0.717, 1.165) is 70.0 Å². The summed E-state index contributed by atoms with van der Waals surface area (Å²) in [6.45, 7) is 7.88. The predicted octanol–water partition coefficient (Wildman–Crippen LogP) is 6.73. The molecule has 4 aromatic rings.